The molecule has 0 aliphatic rings. The predicted octanol–water partition coefficient (Wildman–Crippen LogP) is 2.71. The van der Waals surface area contributed by atoms with Gasteiger partial charge in [0.15, 0.2) is 0 Å². The van der Waals surface area contributed by atoms with E-state index in [1.165, 1.54) is 12.1 Å². The van der Waals surface area contributed by atoms with Gasteiger partial charge in [-0.05, 0) is 36.2 Å². The zero-order valence-corrected chi connectivity index (χ0v) is 14.9. The van der Waals surface area contributed by atoms with E-state index in [1.807, 2.05) is 19.1 Å². The smallest absolute Gasteiger partial charge is 0.313 e. The molecule has 0 bridgehead atoms. The molecule has 3 aromatic rings. The number of nitrogens with zero attached hydrogens (tertiary/aromatic N) is 2. The van der Waals surface area contributed by atoms with E-state index < -0.39 is 23.7 Å². The monoisotopic (exact) mass is 366 g/mol. The molecular formula is C20H19FN4O2. The average Bonchev–Trinajstić information content (AvgIpc) is 3.07. The fraction of sp³-hybridized carbons (Fsp3) is 0.150. The van der Waals surface area contributed by atoms with Crippen LogP contribution in [0.25, 0.3) is 0 Å². The first kappa shape index (κ1) is 18.3. The van der Waals surface area contributed by atoms with E-state index in [2.05, 4.69) is 15.6 Å². The maximum Gasteiger partial charge on any atom is 0.313 e. The Morgan fingerprint density at radius 3 is 2.56 bits per heavy atom. The largest absolute Gasteiger partial charge is 0.336 e. The number of aryl methyl sites for hydroxylation is 2. The van der Waals surface area contributed by atoms with Crippen LogP contribution in [0.1, 0.15) is 23.0 Å². The van der Waals surface area contributed by atoms with Crippen molar-refractivity contribution >= 4 is 17.5 Å². The molecule has 1 heterocycles. The quantitative estimate of drug-likeness (QED) is 0.697. The second kappa shape index (κ2) is 7.82. The van der Waals surface area contributed by atoms with Crippen molar-refractivity contribution in [2.45, 2.75) is 13.0 Å². The van der Waals surface area contributed by atoms with E-state index in [0.717, 1.165) is 5.56 Å². The van der Waals surface area contributed by atoms with E-state index in [-0.39, 0.29) is 0 Å². The number of imidazole rings is 1. The van der Waals surface area contributed by atoms with E-state index >= 15 is 0 Å². The molecule has 6 nitrogen and oxygen atoms in total. The molecule has 1 aromatic heterocycles. The van der Waals surface area contributed by atoms with Gasteiger partial charge >= 0.3 is 11.8 Å². The Morgan fingerprint density at radius 1 is 1.11 bits per heavy atom. The fourth-order valence-corrected chi connectivity index (χ4v) is 2.73. The number of halogens is 1. The highest BCUT2D eigenvalue weighted by atomic mass is 19.1. The lowest BCUT2D eigenvalue weighted by molar-refractivity contribution is -0.136. The summed E-state index contributed by atoms with van der Waals surface area (Å²) in [6.45, 7) is 1.83. The van der Waals surface area contributed by atoms with Crippen LogP contribution >= 0.6 is 0 Å². The normalized spacial score (nSPS) is 11.7. The van der Waals surface area contributed by atoms with Crippen LogP contribution in [0.3, 0.4) is 0 Å². The van der Waals surface area contributed by atoms with Crippen LogP contribution in [-0.4, -0.2) is 21.4 Å². The molecule has 0 aliphatic carbocycles. The first-order valence-corrected chi connectivity index (χ1v) is 8.36. The Balaban J connectivity index is 1.84. The van der Waals surface area contributed by atoms with Crippen LogP contribution < -0.4 is 10.6 Å². The molecule has 2 aromatic carbocycles. The zero-order valence-electron chi connectivity index (χ0n) is 14.9. The van der Waals surface area contributed by atoms with Crippen LogP contribution in [0.15, 0.2) is 60.9 Å². The van der Waals surface area contributed by atoms with E-state index in [9.17, 15) is 14.0 Å². The number of amides is 2. The van der Waals surface area contributed by atoms with Gasteiger partial charge in [0.1, 0.15) is 17.7 Å². The molecule has 1 atom stereocenters. The fourth-order valence-electron chi connectivity index (χ4n) is 2.73. The summed E-state index contributed by atoms with van der Waals surface area (Å²) in [6.07, 6.45) is 3.28. The number of aromatic nitrogens is 2. The number of hydrogen-bond acceptors (Lipinski definition) is 3. The predicted molar refractivity (Wildman–Crippen MR) is 99.4 cm³/mol. The third kappa shape index (κ3) is 4.20. The molecule has 0 saturated carbocycles. The lowest BCUT2D eigenvalue weighted by Crippen LogP contribution is -2.39. The lowest BCUT2D eigenvalue weighted by atomic mass is 10.1. The molecule has 1 unspecified atom stereocenters. The minimum atomic E-state index is -0.837. The number of anilines is 1. The average molecular weight is 366 g/mol. The highest BCUT2D eigenvalue weighted by Gasteiger charge is 2.24. The summed E-state index contributed by atoms with van der Waals surface area (Å²) < 4.78 is 15.4. The Bertz CT molecular complexity index is 983. The van der Waals surface area contributed by atoms with Gasteiger partial charge < -0.3 is 15.2 Å². The van der Waals surface area contributed by atoms with Gasteiger partial charge in [-0.3, -0.25) is 9.59 Å². The molecule has 0 aliphatic heterocycles. The highest BCUT2D eigenvalue weighted by molar-refractivity contribution is 6.39. The van der Waals surface area contributed by atoms with Gasteiger partial charge in [-0.15, -0.1) is 0 Å². The third-order valence-corrected chi connectivity index (χ3v) is 4.17. The Kier molecular flexibility index (Phi) is 5.30. The van der Waals surface area contributed by atoms with Crippen molar-refractivity contribution in [3.05, 3.63) is 83.7 Å². The lowest BCUT2D eigenvalue weighted by Gasteiger charge is -2.19. The first-order chi connectivity index (χ1) is 13.0. The van der Waals surface area contributed by atoms with Gasteiger partial charge in [-0.1, -0.05) is 30.3 Å². The molecule has 2 amide bonds. The second-order valence-electron chi connectivity index (χ2n) is 6.13. The molecule has 2 N–H and O–H groups in total. The Morgan fingerprint density at radius 2 is 1.89 bits per heavy atom. The summed E-state index contributed by atoms with van der Waals surface area (Å²) in [6, 6.07) is 12.2. The van der Waals surface area contributed by atoms with Crippen LogP contribution in [0.2, 0.25) is 0 Å². The van der Waals surface area contributed by atoms with Crippen molar-refractivity contribution in [3.63, 3.8) is 0 Å². The number of para-hydroxylation sites is 1. The van der Waals surface area contributed by atoms with Crippen molar-refractivity contribution in [2.24, 2.45) is 7.05 Å². The first-order valence-electron chi connectivity index (χ1n) is 8.36. The molecule has 0 fully saturated rings. The van der Waals surface area contributed by atoms with Crippen LogP contribution in [0.4, 0.5) is 10.1 Å². The molecule has 0 saturated heterocycles. The zero-order chi connectivity index (χ0) is 19.4. The van der Waals surface area contributed by atoms with Crippen molar-refractivity contribution in [1.82, 2.24) is 14.9 Å². The van der Waals surface area contributed by atoms with Crippen LogP contribution in [0, 0.1) is 12.7 Å². The number of carbonyl (C=O) groups is 2. The van der Waals surface area contributed by atoms with Crippen molar-refractivity contribution in [2.75, 3.05) is 5.32 Å². The van der Waals surface area contributed by atoms with Gasteiger partial charge in [0.05, 0.1) is 0 Å². The summed E-state index contributed by atoms with van der Waals surface area (Å²) in [5, 5.41) is 5.23. The SMILES string of the molecule is Cc1ccccc1NC(=O)C(=O)NC(c1cccc(F)c1)c1nccn1C. The van der Waals surface area contributed by atoms with E-state index in [1.54, 1.807) is 48.3 Å². The Labute approximate surface area is 156 Å². The molecule has 138 valence electrons. The van der Waals surface area contributed by atoms with Crippen molar-refractivity contribution < 1.29 is 14.0 Å². The Hall–Kier alpha value is -3.48. The van der Waals surface area contributed by atoms with Crippen LogP contribution in [0.5, 0.6) is 0 Å². The number of nitrogens with one attached hydrogen (secondary N) is 2. The molecule has 3 rings (SSSR count). The summed E-state index contributed by atoms with van der Waals surface area (Å²) in [5.74, 6) is -1.60. The molecule has 0 spiro atoms. The van der Waals surface area contributed by atoms with Crippen LogP contribution in [-0.2, 0) is 16.6 Å². The highest BCUT2D eigenvalue weighted by Crippen LogP contribution is 2.21. The summed E-state index contributed by atoms with van der Waals surface area (Å²) in [5.41, 5.74) is 1.88. The number of rotatable bonds is 4. The van der Waals surface area contributed by atoms with Crippen molar-refractivity contribution in [3.8, 4) is 0 Å². The maximum absolute atomic E-state index is 13.7. The molecular weight excluding hydrogens is 347 g/mol. The number of benzene rings is 2. The third-order valence-electron chi connectivity index (χ3n) is 4.17. The minimum Gasteiger partial charge on any atom is -0.336 e. The van der Waals surface area contributed by atoms with Gasteiger partial charge in [0.25, 0.3) is 0 Å². The topological polar surface area (TPSA) is 76.0 Å². The van der Waals surface area contributed by atoms with Gasteiger partial charge in [0, 0.05) is 25.1 Å². The summed E-state index contributed by atoms with van der Waals surface area (Å²) in [4.78, 5) is 29.0. The van der Waals surface area contributed by atoms with Gasteiger partial charge in [0.2, 0.25) is 0 Å². The van der Waals surface area contributed by atoms with E-state index in [0.29, 0.717) is 17.1 Å². The van der Waals surface area contributed by atoms with Crippen molar-refractivity contribution in [1.29, 1.82) is 0 Å². The molecule has 0 radical (unpaired) electrons. The van der Waals surface area contributed by atoms with E-state index in [4.69, 9.17) is 0 Å². The molecule has 27 heavy (non-hydrogen) atoms. The number of hydrogen-bond donors (Lipinski definition) is 2. The number of carbonyl (C=O) groups excluding carboxylic acids is 2. The standard InChI is InChI=1S/C20H19FN4O2/c1-13-6-3-4-9-16(13)23-19(26)20(27)24-17(18-22-10-11-25(18)2)14-7-5-8-15(21)12-14/h3-12,17H,1-2H3,(H,23,26)(H,24,27). The maximum atomic E-state index is 13.7. The van der Waals surface area contributed by atoms with Gasteiger partial charge in [-0.25, -0.2) is 9.37 Å². The minimum absolute atomic E-state index is 0.440. The summed E-state index contributed by atoms with van der Waals surface area (Å²) >= 11 is 0. The molecule has 7 heteroatoms. The summed E-state index contributed by atoms with van der Waals surface area (Å²) in [7, 11) is 1.76. The van der Waals surface area contributed by atoms with Gasteiger partial charge in [-0.2, -0.15) is 0 Å². The second-order valence-corrected chi connectivity index (χ2v) is 6.13.